The van der Waals surface area contributed by atoms with Crippen molar-refractivity contribution in [2.75, 3.05) is 0 Å². The molecule has 2 aromatic rings. The quantitative estimate of drug-likeness (QED) is 0.916. The monoisotopic (exact) mass is 338 g/mol. The second-order valence-corrected chi connectivity index (χ2v) is 4.40. The van der Waals surface area contributed by atoms with Crippen molar-refractivity contribution in [3.8, 4) is 5.75 Å². The molecule has 0 unspecified atom stereocenters. The molecule has 0 spiro atoms. The Morgan fingerprint density at radius 1 is 1.14 bits per heavy atom. The van der Waals surface area contributed by atoms with Gasteiger partial charge in [0.2, 0.25) is 0 Å². The van der Waals surface area contributed by atoms with Gasteiger partial charge in [-0.25, -0.2) is 0 Å². The molecule has 0 amide bonds. The van der Waals surface area contributed by atoms with Crippen LogP contribution in [-0.4, -0.2) is 11.3 Å². The Kier molecular flexibility index (Phi) is 5.83. The van der Waals surface area contributed by atoms with Crippen LogP contribution in [0.5, 0.6) is 5.75 Å². The average Bonchev–Trinajstić information content (AvgIpc) is 2.37. The van der Waals surface area contributed by atoms with Crippen LogP contribution < -0.4 is 10.5 Å². The molecule has 1 aromatic heterocycles. The highest BCUT2D eigenvalue weighted by Gasteiger charge is 2.31. The van der Waals surface area contributed by atoms with Crippen LogP contribution in [0.4, 0.5) is 13.2 Å². The van der Waals surface area contributed by atoms with Crippen LogP contribution in [0, 0.1) is 0 Å². The van der Waals surface area contributed by atoms with Gasteiger partial charge in [-0.2, -0.15) is 0 Å². The zero-order valence-corrected chi connectivity index (χ0v) is 12.0. The Balaban J connectivity index is 0.00000220. The van der Waals surface area contributed by atoms with Crippen molar-refractivity contribution in [2.24, 2.45) is 5.73 Å². The molecule has 21 heavy (non-hydrogen) atoms. The minimum Gasteiger partial charge on any atom is -0.406 e. The maximum atomic E-state index is 12.0. The second kappa shape index (κ2) is 6.98. The number of ether oxygens (including phenoxy) is 1. The Labute approximate surface area is 130 Å². The smallest absolute Gasteiger partial charge is 0.406 e. The number of halogens is 5. The van der Waals surface area contributed by atoms with Crippen LogP contribution in [0.3, 0.4) is 0 Å². The van der Waals surface area contributed by atoms with Crippen molar-refractivity contribution >= 4 is 24.0 Å². The first-order valence-electron chi connectivity index (χ1n) is 5.57. The summed E-state index contributed by atoms with van der Waals surface area (Å²) in [5.41, 5.74) is 7.28. The van der Waals surface area contributed by atoms with Crippen LogP contribution in [0.25, 0.3) is 0 Å². The third-order valence-corrected chi connectivity index (χ3v) is 2.93. The molecule has 0 saturated heterocycles. The van der Waals surface area contributed by atoms with E-state index in [1.54, 1.807) is 12.3 Å². The normalized spacial score (nSPS) is 12.4. The van der Waals surface area contributed by atoms with E-state index in [1.165, 1.54) is 30.5 Å². The molecule has 2 N–H and O–H groups in total. The molecule has 0 radical (unpaired) electrons. The summed E-state index contributed by atoms with van der Waals surface area (Å²) < 4.78 is 39.9. The maximum Gasteiger partial charge on any atom is 0.573 e. The van der Waals surface area contributed by atoms with Gasteiger partial charge in [-0.15, -0.1) is 25.6 Å². The van der Waals surface area contributed by atoms with E-state index in [0.29, 0.717) is 16.1 Å². The number of nitrogens with two attached hydrogens (primary N) is 1. The molecule has 0 bridgehead atoms. The number of alkyl halides is 3. The molecule has 2 rings (SSSR count). The van der Waals surface area contributed by atoms with E-state index < -0.39 is 12.4 Å². The van der Waals surface area contributed by atoms with Crippen molar-refractivity contribution < 1.29 is 17.9 Å². The zero-order valence-electron chi connectivity index (χ0n) is 10.5. The predicted octanol–water partition coefficient (Wildman–Crippen LogP) is 4.10. The average molecular weight is 339 g/mol. The van der Waals surface area contributed by atoms with Gasteiger partial charge >= 0.3 is 6.36 Å². The van der Waals surface area contributed by atoms with Gasteiger partial charge in [-0.05, 0) is 29.3 Å². The number of nitrogens with zero attached hydrogens (tertiary/aromatic N) is 1. The molecule has 0 saturated carbocycles. The number of rotatable bonds is 3. The Morgan fingerprint density at radius 3 is 2.29 bits per heavy atom. The minimum absolute atomic E-state index is 0. The minimum atomic E-state index is -4.71. The maximum absolute atomic E-state index is 12.0. The van der Waals surface area contributed by atoms with Crippen LogP contribution in [-0.2, 0) is 0 Å². The summed E-state index contributed by atoms with van der Waals surface area (Å²) in [4.78, 5) is 3.84. The van der Waals surface area contributed by atoms with Gasteiger partial charge in [0.15, 0.2) is 0 Å². The van der Waals surface area contributed by atoms with E-state index >= 15 is 0 Å². The molecule has 0 aliphatic heterocycles. The van der Waals surface area contributed by atoms with Gasteiger partial charge < -0.3 is 10.5 Å². The number of pyridine rings is 1. The molecule has 0 fully saturated rings. The van der Waals surface area contributed by atoms with E-state index in [4.69, 9.17) is 17.3 Å². The first kappa shape index (κ1) is 17.6. The van der Waals surface area contributed by atoms with E-state index in [9.17, 15) is 13.2 Å². The van der Waals surface area contributed by atoms with Crippen LogP contribution >= 0.6 is 24.0 Å². The van der Waals surface area contributed by atoms with Gasteiger partial charge in [0.05, 0.1) is 11.1 Å². The number of hydrogen-bond acceptors (Lipinski definition) is 3. The number of hydrogen-bond donors (Lipinski definition) is 1. The fraction of sp³-hybridized carbons (Fsp3) is 0.154. The molecule has 0 aliphatic carbocycles. The second-order valence-electron chi connectivity index (χ2n) is 3.99. The van der Waals surface area contributed by atoms with Gasteiger partial charge in [-0.3, -0.25) is 4.98 Å². The Morgan fingerprint density at radius 2 is 1.76 bits per heavy atom. The summed E-state index contributed by atoms with van der Waals surface area (Å²) in [7, 11) is 0. The molecule has 1 atom stereocenters. The fourth-order valence-electron chi connectivity index (χ4n) is 1.69. The first-order valence-corrected chi connectivity index (χ1v) is 5.95. The summed E-state index contributed by atoms with van der Waals surface area (Å²) >= 11 is 5.97. The molecule has 114 valence electrons. The van der Waals surface area contributed by atoms with Crippen LogP contribution in [0.2, 0.25) is 5.02 Å². The third-order valence-electron chi connectivity index (χ3n) is 2.61. The predicted molar refractivity (Wildman–Crippen MR) is 75.7 cm³/mol. The molecule has 0 aliphatic rings. The van der Waals surface area contributed by atoms with Gasteiger partial charge in [0, 0.05) is 12.4 Å². The summed E-state index contributed by atoms with van der Waals surface area (Å²) in [5.74, 6) is -0.297. The number of benzene rings is 1. The molecule has 1 heterocycles. The summed E-state index contributed by atoms with van der Waals surface area (Å²) in [6.45, 7) is 0. The lowest BCUT2D eigenvalue weighted by atomic mass is 10.0. The van der Waals surface area contributed by atoms with E-state index in [0.717, 1.165) is 0 Å². The van der Waals surface area contributed by atoms with Crippen molar-refractivity contribution in [1.82, 2.24) is 4.98 Å². The van der Waals surface area contributed by atoms with Crippen molar-refractivity contribution in [2.45, 2.75) is 12.4 Å². The topological polar surface area (TPSA) is 48.1 Å². The lowest BCUT2D eigenvalue weighted by Gasteiger charge is -2.15. The first-order chi connectivity index (χ1) is 9.37. The van der Waals surface area contributed by atoms with E-state index in [-0.39, 0.29) is 18.2 Å². The molecule has 8 heteroatoms. The fourth-order valence-corrected chi connectivity index (χ4v) is 1.93. The summed E-state index contributed by atoms with van der Waals surface area (Å²) in [6.07, 6.45) is -1.71. The van der Waals surface area contributed by atoms with Gasteiger partial charge in [0.25, 0.3) is 0 Å². The van der Waals surface area contributed by atoms with E-state index in [1.807, 2.05) is 0 Å². The molecular formula is C13H11Cl2F3N2O. The van der Waals surface area contributed by atoms with Gasteiger partial charge in [-0.1, -0.05) is 23.7 Å². The van der Waals surface area contributed by atoms with Gasteiger partial charge in [0.1, 0.15) is 5.75 Å². The van der Waals surface area contributed by atoms with Crippen molar-refractivity contribution in [1.29, 1.82) is 0 Å². The zero-order chi connectivity index (χ0) is 14.8. The van der Waals surface area contributed by atoms with Crippen LogP contribution in [0.15, 0.2) is 42.7 Å². The SMILES string of the molecule is Cl.N[C@@H](c1ccc(OC(F)(F)F)cc1)c1ccncc1Cl. The highest BCUT2D eigenvalue weighted by Crippen LogP contribution is 2.28. The van der Waals surface area contributed by atoms with Crippen molar-refractivity contribution in [3.05, 3.63) is 58.9 Å². The van der Waals surface area contributed by atoms with Crippen LogP contribution in [0.1, 0.15) is 17.2 Å². The molecule has 1 aromatic carbocycles. The third kappa shape index (κ3) is 4.77. The van der Waals surface area contributed by atoms with E-state index in [2.05, 4.69) is 9.72 Å². The van der Waals surface area contributed by atoms with Crippen molar-refractivity contribution in [3.63, 3.8) is 0 Å². The molecular weight excluding hydrogens is 328 g/mol. The Bertz CT molecular complexity index is 591. The number of aromatic nitrogens is 1. The highest BCUT2D eigenvalue weighted by molar-refractivity contribution is 6.31. The standard InChI is InChI=1S/C13H10ClF3N2O.ClH/c14-11-7-19-6-5-10(11)12(18)8-1-3-9(4-2-8)20-13(15,16)17;/h1-7,12H,18H2;1H/t12-;/m0./s1. The Hall–Kier alpha value is -1.50. The lowest BCUT2D eigenvalue weighted by Crippen LogP contribution is -2.17. The lowest BCUT2D eigenvalue weighted by molar-refractivity contribution is -0.274. The summed E-state index contributed by atoms with van der Waals surface area (Å²) in [5, 5.41) is 0.399. The summed E-state index contributed by atoms with van der Waals surface area (Å²) in [6, 6.07) is 6.44. The largest absolute Gasteiger partial charge is 0.573 e. The highest BCUT2D eigenvalue weighted by atomic mass is 35.5. The molecule has 3 nitrogen and oxygen atoms in total.